The number of aromatic amines is 1. The van der Waals surface area contributed by atoms with E-state index in [-0.39, 0.29) is 11.7 Å². The number of nitrogens with one attached hydrogen (secondary N) is 3. The molecular formula is C16H22N4O3S. The van der Waals surface area contributed by atoms with Crippen molar-refractivity contribution in [1.29, 1.82) is 0 Å². The quantitative estimate of drug-likeness (QED) is 0.668. The first-order valence-electron chi connectivity index (χ1n) is 7.75. The van der Waals surface area contributed by atoms with Crippen molar-refractivity contribution in [3.05, 3.63) is 52.8 Å². The van der Waals surface area contributed by atoms with Crippen LogP contribution in [0.4, 0.5) is 0 Å². The highest BCUT2D eigenvalue weighted by molar-refractivity contribution is 7.88. The zero-order chi connectivity index (χ0) is 17.6. The zero-order valence-corrected chi connectivity index (χ0v) is 14.6. The zero-order valence-electron chi connectivity index (χ0n) is 13.8. The van der Waals surface area contributed by atoms with Gasteiger partial charge in [0.2, 0.25) is 10.0 Å². The van der Waals surface area contributed by atoms with Crippen LogP contribution in [-0.4, -0.2) is 31.6 Å². The highest BCUT2D eigenvalue weighted by Gasteiger charge is 2.11. The molecule has 0 unspecified atom stereocenters. The van der Waals surface area contributed by atoms with E-state index in [2.05, 4.69) is 27.2 Å². The summed E-state index contributed by atoms with van der Waals surface area (Å²) in [7, 11) is -1.89. The number of hydrogen-bond acceptors (Lipinski definition) is 4. The maximum absolute atomic E-state index is 12.0. The van der Waals surface area contributed by atoms with Gasteiger partial charge in [0, 0.05) is 12.2 Å². The Morgan fingerprint density at radius 2 is 1.88 bits per heavy atom. The predicted molar refractivity (Wildman–Crippen MR) is 91.9 cm³/mol. The molecule has 0 spiro atoms. The first kappa shape index (κ1) is 18.2. The largest absolute Gasteiger partial charge is 0.347 e. The highest BCUT2D eigenvalue weighted by Crippen LogP contribution is 2.08. The molecule has 0 aliphatic carbocycles. The first-order valence-corrected chi connectivity index (χ1v) is 9.40. The molecule has 1 amide bonds. The van der Waals surface area contributed by atoms with Crippen LogP contribution in [0.5, 0.6) is 0 Å². The summed E-state index contributed by atoms with van der Waals surface area (Å²) in [6.45, 7) is 2.42. The molecule has 2 rings (SSSR count). The van der Waals surface area contributed by atoms with E-state index in [9.17, 15) is 13.2 Å². The molecule has 0 aliphatic heterocycles. The second-order valence-electron chi connectivity index (χ2n) is 5.49. The number of nitrogens with zero attached hydrogens (tertiary/aromatic N) is 1. The van der Waals surface area contributed by atoms with Crippen molar-refractivity contribution < 1.29 is 13.2 Å². The Morgan fingerprint density at radius 1 is 1.21 bits per heavy atom. The predicted octanol–water partition coefficient (Wildman–Crippen LogP) is 1.34. The number of aryl methyl sites for hydroxylation is 1. The molecule has 0 saturated carbocycles. The minimum absolute atomic E-state index is 0.0659. The fraction of sp³-hybridized carbons (Fsp3) is 0.375. The SMILES string of the molecule is CCCc1cc(C(=O)NCc2ccc(CS(=O)(=O)NC)cc2)n[nH]1. The maximum Gasteiger partial charge on any atom is 0.272 e. The van der Waals surface area contributed by atoms with Gasteiger partial charge in [-0.2, -0.15) is 5.10 Å². The fourth-order valence-electron chi connectivity index (χ4n) is 2.19. The Kier molecular flexibility index (Phi) is 6.10. The van der Waals surface area contributed by atoms with Crippen molar-refractivity contribution in [3.8, 4) is 0 Å². The molecule has 0 saturated heterocycles. The molecular weight excluding hydrogens is 328 g/mol. The van der Waals surface area contributed by atoms with Gasteiger partial charge in [0.05, 0.1) is 5.75 Å². The van der Waals surface area contributed by atoms with Gasteiger partial charge in [-0.15, -0.1) is 0 Å². The second-order valence-corrected chi connectivity index (χ2v) is 7.42. The van der Waals surface area contributed by atoms with Crippen LogP contribution < -0.4 is 10.0 Å². The highest BCUT2D eigenvalue weighted by atomic mass is 32.2. The lowest BCUT2D eigenvalue weighted by atomic mass is 10.1. The van der Waals surface area contributed by atoms with Gasteiger partial charge in [0.1, 0.15) is 5.69 Å². The van der Waals surface area contributed by atoms with Crippen LogP contribution in [0.2, 0.25) is 0 Å². The smallest absolute Gasteiger partial charge is 0.272 e. The van der Waals surface area contributed by atoms with E-state index in [1.807, 2.05) is 0 Å². The standard InChI is InChI=1S/C16H22N4O3S/c1-3-4-14-9-15(20-19-14)16(21)18-10-12-5-7-13(8-6-12)11-24(22,23)17-2/h5-9,17H,3-4,10-11H2,1-2H3,(H,18,21)(H,19,20). The molecule has 24 heavy (non-hydrogen) atoms. The number of hydrogen-bond donors (Lipinski definition) is 3. The van der Waals surface area contributed by atoms with Crippen molar-refractivity contribution in [2.75, 3.05) is 7.05 Å². The molecule has 1 aromatic carbocycles. The van der Waals surface area contributed by atoms with Crippen LogP contribution in [0.15, 0.2) is 30.3 Å². The lowest BCUT2D eigenvalue weighted by molar-refractivity contribution is 0.0946. The Balaban J connectivity index is 1.90. The molecule has 0 aliphatic rings. The number of carbonyl (C=O) groups excluding carboxylic acids is 1. The average Bonchev–Trinajstić information content (AvgIpc) is 3.03. The van der Waals surface area contributed by atoms with E-state index >= 15 is 0 Å². The van der Waals surface area contributed by atoms with E-state index < -0.39 is 10.0 Å². The number of aromatic nitrogens is 2. The maximum atomic E-state index is 12.0. The summed E-state index contributed by atoms with van der Waals surface area (Å²) in [6.07, 6.45) is 1.84. The van der Waals surface area contributed by atoms with Crippen molar-refractivity contribution in [3.63, 3.8) is 0 Å². The Bertz CT molecular complexity index is 782. The molecule has 0 bridgehead atoms. The van der Waals surface area contributed by atoms with Gasteiger partial charge in [0.15, 0.2) is 0 Å². The van der Waals surface area contributed by atoms with Gasteiger partial charge in [-0.05, 0) is 30.7 Å². The van der Waals surface area contributed by atoms with Crippen LogP contribution in [0.25, 0.3) is 0 Å². The summed E-state index contributed by atoms with van der Waals surface area (Å²) in [6, 6.07) is 8.83. The Morgan fingerprint density at radius 3 is 2.50 bits per heavy atom. The molecule has 0 fully saturated rings. The van der Waals surface area contributed by atoms with E-state index in [4.69, 9.17) is 0 Å². The molecule has 1 heterocycles. The van der Waals surface area contributed by atoms with Crippen LogP contribution in [0.1, 0.15) is 40.7 Å². The summed E-state index contributed by atoms with van der Waals surface area (Å²) < 4.78 is 25.3. The summed E-state index contributed by atoms with van der Waals surface area (Å²) in [5.41, 5.74) is 2.89. The van der Waals surface area contributed by atoms with Crippen molar-refractivity contribution in [1.82, 2.24) is 20.2 Å². The molecule has 1 aromatic heterocycles. The van der Waals surface area contributed by atoms with E-state index in [0.717, 1.165) is 24.1 Å². The third kappa shape index (κ3) is 5.17. The molecule has 130 valence electrons. The average molecular weight is 350 g/mol. The van der Waals surface area contributed by atoms with E-state index in [1.165, 1.54) is 7.05 Å². The lowest BCUT2D eigenvalue weighted by Crippen LogP contribution is -2.23. The first-order chi connectivity index (χ1) is 11.4. The van der Waals surface area contributed by atoms with Crippen molar-refractivity contribution in [2.45, 2.75) is 32.1 Å². The number of carbonyl (C=O) groups is 1. The molecule has 7 nitrogen and oxygen atoms in total. The Labute approximate surface area is 141 Å². The topological polar surface area (TPSA) is 104 Å². The third-order valence-electron chi connectivity index (χ3n) is 3.53. The molecule has 8 heteroatoms. The normalized spacial score (nSPS) is 11.4. The minimum atomic E-state index is -3.28. The number of sulfonamides is 1. The van der Waals surface area contributed by atoms with Crippen LogP contribution >= 0.6 is 0 Å². The Hall–Kier alpha value is -2.19. The lowest BCUT2D eigenvalue weighted by Gasteiger charge is -2.06. The van der Waals surface area contributed by atoms with Crippen molar-refractivity contribution in [2.24, 2.45) is 0 Å². The van der Waals surface area contributed by atoms with E-state index in [0.29, 0.717) is 17.8 Å². The summed E-state index contributed by atoms with van der Waals surface area (Å²) >= 11 is 0. The number of rotatable bonds is 8. The molecule has 3 N–H and O–H groups in total. The molecule has 0 radical (unpaired) electrons. The molecule has 0 atom stereocenters. The fourth-order valence-corrected chi connectivity index (χ4v) is 2.97. The van der Waals surface area contributed by atoms with E-state index in [1.54, 1.807) is 30.3 Å². The monoisotopic (exact) mass is 350 g/mol. The van der Waals surface area contributed by atoms with Gasteiger partial charge in [-0.1, -0.05) is 37.6 Å². The number of amides is 1. The summed E-state index contributed by atoms with van der Waals surface area (Å²) in [4.78, 5) is 12.0. The number of H-pyrrole nitrogens is 1. The third-order valence-corrected chi connectivity index (χ3v) is 4.86. The van der Waals surface area contributed by atoms with Crippen LogP contribution in [-0.2, 0) is 28.7 Å². The summed E-state index contributed by atoms with van der Waals surface area (Å²) in [5.74, 6) is -0.306. The van der Waals surface area contributed by atoms with Crippen LogP contribution in [0, 0.1) is 0 Å². The van der Waals surface area contributed by atoms with Gasteiger partial charge in [-0.3, -0.25) is 9.89 Å². The van der Waals surface area contributed by atoms with Crippen molar-refractivity contribution >= 4 is 15.9 Å². The van der Waals surface area contributed by atoms with Gasteiger partial charge in [0.25, 0.3) is 5.91 Å². The van der Waals surface area contributed by atoms with Crippen LogP contribution in [0.3, 0.4) is 0 Å². The summed E-state index contributed by atoms with van der Waals surface area (Å²) in [5, 5.41) is 9.64. The van der Waals surface area contributed by atoms with Gasteiger partial charge < -0.3 is 5.32 Å². The number of benzene rings is 1. The second kappa shape index (κ2) is 8.07. The minimum Gasteiger partial charge on any atom is -0.347 e. The van der Waals surface area contributed by atoms with Gasteiger partial charge in [-0.25, -0.2) is 13.1 Å². The van der Waals surface area contributed by atoms with Gasteiger partial charge >= 0.3 is 0 Å². The molecule has 2 aromatic rings.